The number of carboxylic acid groups (broad SMARTS) is 1. The van der Waals surface area contributed by atoms with E-state index in [9.17, 15) is 9.59 Å². The molecule has 1 rings (SSSR count). The second kappa shape index (κ2) is 6.54. The number of amides is 1. The zero-order chi connectivity index (χ0) is 13.1. The number of rotatable bonds is 6. The number of nitrogens with one attached hydrogen (secondary N) is 1. The number of carbonyl (C=O) groups excluding carboxylic acids is 1. The molecule has 0 radical (unpaired) electrons. The van der Waals surface area contributed by atoms with E-state index in [0.29, 0.717) is 12.3 Å². The van der Waals surface area contributed by atoms with Crippen molar-refractivity contribution in [3.05, 3.63) is 11.8 Å². The quantitative estimate of drug-likeness (QED) is 0.502. The molecular weight excluding hydrogens is 232 g/mol. The lowest BCUT2D eigenvalue weighted by Crippen LogP contribution is -2.33. The first-order chi connectivity index (χ1) is 7.91. The lowest BCUT2D eigenvalue weighted by atomic mass is 10.1. The summed E-state index contributed by atoms with van der Waals surface area (Å²) in [6.45, 7) is 5.92. The summed E-state index contributed by atoms with van der Waals surface area (Å²) < 4.78 is 0. The third kappa shape index (κ3) is 3.84. The highest BCUT2D eigenvalue weighted by atomic mass is 16.4. The second-order valence-corrected chi connectivity index (χ2v) is 5.04. The lowest BCUT2D eigenvalue weighted by Gasteiger charge is -2.11. The number of allylic oxidation sites excluding steroid dienone is 1. The van der Waals surface area contributed by atoms with E-state index >= 15 is 0 Å². The number of hydrogen-bond donors (Lipinski definition) is 3. The first-order valence-corrected chi connectivity index (χ1v) is 6.16. The maximum Gasteiger partial charge on any atom is 0.352 e. The van der Waals surface area contributed by atoms with Crippen molar-refractivity contribution in [2.45, 2.75) is 46.5 Å². The molecular formula is C13H24N2O3. The predicted octanol–water partition coefficient (Wildman–Crippen LogP) is 2.47. The summed E-state index contributed by atoms with van der Waals surface area (Å²) in [7, 11) is 0. The molecule has 0 bridgehead atoms. The summed E-state index contributed by atoms with van der Waals surface area (Å²) in [5, 5.41) is 11.5. The Morgan fingerprint density at radius 3 is 2.44 bits per heavy atom. The monoisotopic (exact) mass is 256 g/mol. The third-order valence-electron chi connectivity index (χ3n) is 3.56. The van der Waals surface area contributed by atoms with Gasteiger partial charge in [0.05, 0.1) is 0 Å². The Bertz CT molecular complexity index is 352. The molecule has 0 aromatic carbocycles. The molecule has 18 heavy (non-hydrogen) atoms. The Hall–Kier alpha value is -1.36. The highest BCUT2D eigenvalue weighted by Crippen LogP contribution is 2.51. The second-order valence-electron chi connectivity index (χ2n) is 5.04. The number of aliphatic carboxylic acids is 1. The minimum absolute atomic E-state index is 0. The lowest BCUT2D eigenvalue weighted by molar-refractivity contribution is -0.135. The molecule has 1 fully saturated rings. The fourth-order valence-electron chi connectivity index (χ4n) is 1.80. The Morgan fingerprint density at radius 2 is 2.06 bits per heavy atom. The SMILES string of the molecule is CCCC/C=C(\NC(=O)C1(C)CC1C)C(=O)O.N. The van der Waals surface area contributed by atoms with Gasteiger partial charge in [-0.25, -0.2) is 4.79 Å². The topological polar surface area (TPSA) is 101 Å². The minimum Gasteiger partial charge on any atom is -0.477 e. The normalized spacial score (nSPS) is 26.2. The maximum absolute atomic E-state index is 11.9. The van der Waals surface area contributed by atoms with Gasteiger partial charge in [-0.3, -0.25) is 4.79 Å². The van der Waals surface area contributed by atoms with Gasteiger partial charge in [0.2, 0.25) is 5.91 Å². The van der Waals surface area contributed by atoms with Crippen LogP contribution < -0.4 is 11.5 Å². The first-order valence-electron chi connectivity index (χ1n) is 6.16. The van der Waals surface area contributed by atoms with Crippen LogP contribution in [0.5, 0.6) is 0 Å². The standard InChI is InChI=1S/C13H21NO3.H3N/c1-4-5-6-7-10(11(15)16)14-12(17)13(3)8-9(13)2;/h7,9H,4-6,8H2,1-3H3,(H,14,17)(H,15,16);1H3/b10-7-;. The van der Waals surface area contributed by atoms with Gasteiger partial charge in [0.15, 0.2) is 0 Å². The van der Waals surface area contributed by atoms with Gasteiger partial charge in [-0.1, -0.05) is 33.3 Å². The van der Waals surface area contributed by atoms with Crippen LogP contribution >= 0.6 is 0 Å². The smallest absolute Gasteiger partial charge is 0.352 e. The van der Waals surface area contributed by atoms with E-state index < -0.39 is 5.97 Å². The molecule has 0 aliphatic heterocycles. The van der Waals surface area contributed by atoms with Crippen LogP contribution in [0, 0.1) is 11.3 Å². The van der Waals surface area contributed by atoms with Crippen LogP contribution in [-0.2, 0) is 9.59 Å². The zero-order valence-electron chi connectivity index (χ0n) is 11.5. The molecule has 5 nitrogen and oxygen atoms in total. The van der Waals surface area contributed by atoms with Crippen LogP contribution in [0.4, 0.5) is 0 Å². The van der Waals surface area contributed by atoms with Crippen molar-refractivity contribution in [2.24, 2.45) is 11.3 Å². The molecule has 5 heteroatoms. The van der Waals surface area contributed by atoms with Gasteiger partial charge in [0, 0.05) is 5.41 Å². The van der Waals surface area contributed by atoms with Gasteiger partial charge in [0.1, 0.15) is 5.70 Å². The van der Waals surface area contributed by atoms with Crippen LogP contribution in [0.2, 0.25) is 0 Å². The van der Waals surface area contributed by atoms with Gasteiger partial charge in [-0.05, 0) is 25.2 Å². The van der Waals surface area contributed by atoms with Crippen molar-refractivity contribution in [1.29, 1.82) is 0 Å². The fourth-order valence-corrected chi connectivity index (χ4v) is 1.80. The van der Waals surface area contributed by atoms with Crippen LogP contribution in [0.15, 0.2) is 11.8 Å². The zero-order valence-corrected chi connectivity index (χ0v) is 11.5. The van der Waals surface area contributed by atoms with E-state index in [1.807, 2.05) is 20.8 Å². The molecule has 104 valence electrons. The van der Waals surface area contributed by atoms with Crippen molar-refractivity contribution in [3.63, 3.8) is 0 Å². The third-order valence-corrected chi connectivity index (χ3v) is 3.56. The van der Waals surface area contributed by atoms with Crippen molar-refractivity contribution < 1.29 is 14.7 Å². The van der Waals surface area contributed by atoms with Crippen molar-refractivity contribution in [1.82, 2.24) is 11.5 Å². The molecule has 1 aliphatic rings. The number of unbranched alkanes of at least 4 members (excludes halogenated alkanes) is 2. The summed E-state index contributed by atoms with van der Waals surface area (Å²) in [5.74, 6) is -0.894. The molecule has 0 aromatic heterocycles. The van der Waals surface area contributed by atoms with E-state index in [2.05, 4.69) is 5.32 Å². The van der Waals surface area contributed by atoms with Crippen LogP contribution in [0.25, 0.3) is 0 Å². The van der Waals surface area contributed by atoms with Gasteiger partial charge in [0.25, 0.3) is 0 Å². The van der Waals surface area contributed by atoms with Gasteiger partial charge >= 0.3 is 5.97 Å². The van der Waals surface area contributed by atoms with Gasteiger partial charge in [-0.15, -0.1) is 0 Å². The van der Waals surface area contributed by atoms with Gasteiger partial charge in [-0.2, -0.15) is 0 Å². The van der Waals surface area contributed by atoms with Crippen LogP contribution in [-0.4, -0.2) is 17.0 Å². The summed E-state index contributed by atoms with van der Waals surface area (Å²) in [6, 6.07) is 0. The van der Waals surface area contributed by atoms with E-state index in [1.165, 1.54) is 0 Å². The molecule has 1 saturated carbocycles. The molecule has 0 saturated heterocycles. The summed E-state index contributed by atoms with van der Waals surface area (Å²) in [6.07, 6.45) is 5.05. The molecule has 1 aliphatic carbocycles. The highest BCUT2D eigenvalue weighted by molar-refractivity contribution is 5.95. The largest absolute Gasteiger partial charge is 0.477 e. The average Bonchev–Trinajstić information content (AvgIpc) is 2.87. The van der Waals surface area contributed by atoms with E-state index in [1.54, 1.807) is 6.08 Å². The number of hydrogen-bond acceptors (Lipinski definition) is 3. The molecule has 5 N–H and O–H groups in total. The van der Waals surface area contributed by atoms with E-state index in [-0.39, 0.29) is 23.2 Å². The number of carboxylic acids is 1. The average molecular weight is 256 g/mol. The minimum atomic E-state index is -1.06. The van der Waals surface area contributed by atoms with Crippen LogP contribution in [0.3, 0.4) is 0 Å². The first kappa shape index (κ1) is 16.6. The molecule has 0 aromatic rings. The Morgan fingerprint density at radius 1 is 1.50 bits per heavy atom. The molecule has 0 spiro atoms. The molecule has 0 heterocycles. The summed E-state index contributed by atoms with van der Waals surface area (Å²) in [5.41, 5.74) is -0.358. The summed E-state index contributed by atoms with van der Waals surface area (Å²) in [4.78, 5) is 22.8. The van der Waals surface area contributed by atoms with Crippen molar-refractivity contribution >= 4 is 11.9 Å². The van der Waals surface area contributed by atoms with Crippen molar-refractivity contribution in [2.75, 3.05) is 0 Å². The molecule has 2 unspecified atom stereocenters. The van der Waals surface area contributed by atoms with Crippen LogP contribution in [0.1, 0.15) is 46.5 Å². The number of carbonyl (C=O) groups is 2. The maximum atomic E-state index is 11.9. The molecule has 2 atom stereocenters. The highest BCUT2D eigenvalue weighted by Gasteiger charge is 2.53. The fraction of sp³-hybridized carbons (Fsp3) is 0.692. The van der Waals surface area contributed by atoms with Crippen molar-refractivity contribution in [3.8, 4) is 0 Å². The summed E-state index contributed by atoms with van der Waals surface area (Å²) >= 11 is 0. The Kier molecular flexibility index (Phi) is 6.05. The van der Waals surface area contributed by atoms with Gasteiger partial charge < -0.3 is 16.6 Å². The predicted molar refractivity (Wildman–Crippen MR) is 70.3 cm³/mol. The van der Waals surface area contributed by atoms with E-state index in [0.717, 1.165) is 19.3 Å². The van der Waals surface area contributed by atoms with E-state index in [4.69, 9.17) is 5.11 Å². The Balaban J connectivity index is 0.00000289. The molecule has 1 amide bonds. The Labute approximate surface area is 108 Å².